The molecule has 0 aliphatic carbocycles. The summed E-state index contributed by atoms with van der Waals surface area (Å²) >= 11 is 0. The maximum Gasteiger partial charge on any atom is 0.408 e. The Morgan fingerprint density at radius 2 is 1.59 bits per heavy atom. The van der Waals surface area contributed by atoms with Gasteiger partial charge in [0.05, 0.1) is 7.11 Å². The topological polar surface area (TPSA) is 110 Å². The lowest BCUT2D eigenvalue weighted by Crippen LogP contribution is -2.53. The fraction of sp³-hybridized carbons (Fsp3) is 0.346. The molecule has 1 aromatic heterocycles. The number of H-pyrrole nitrogens is 1. The lowest BCUT2D eigenvalue weighted by atomic mass is 10.0. The third-order valence-corrected chi connectivity index (χ3v) is 5.19. The zero-order valence-electron chi connectivity index (χ0n) is 19.9. The second kappa shape index (κ2) is 10.9. The Hall–Kier alpha value is -3.81. The predicted molar refractivity (Wildman–Crippen MR) is 129 cm³/mol. The zero-order valence-corrected chi connectivity index (χ0v) is 19.9. The van der Waals surface area contributed by atoms with Gasteiger partial charge in [0.1, 0.15) is 17.7 Å². The van der Waals surface area contributed by atoms with Crippen molar-refractivity contribution in [2.75, 3.05) is 7.11 Å². The van der Waals surface area contributed by atoms with Gasteiger partial charge in [0.2, 0.25) is 5.91 Å². The molecule has 180 valence electrons. The number of ether oxygens (including phenoxy) is 2. The summed E-state index contributed by atoms with van der Waals surface area (Å²) in [7, 11) is 1.27. The number of hydrogen-bond donors (Lipinski definition) is 3. The Bertz CT molecular complexity index is 1130. The summed E-state index contributed by atoms with van der Waals surface area (Å²) in [4.78, 5) is 41.4. The molecule has 8 heteroatoms. The van der Waals surface area contributed by atoms with Gasteiger partial charge >= 0.3 is 12.1 Å². The van der Waals surface area contributed by atoms with Crippen molar-refractivity contribution in [1.82, 2.24) is 15.6 Å². The van der Waals surface area contributed by atoms with Gasteiger partial charge in [-0.2, -0.15) is 0 Å². The molecule has 3 rings (SSSR count). The highest BCUT2D eigenvalue weighted by molar-refractivity contribution is 5.91. The molecule has 0 aliphatic heterocycles. The van der Waals surface area contributed by atoms with E-state index in [-0.39, 0.29) is 12.8 Å². The van der Waals surface area contributed by atoms with Crippen molar-refractivity contribution in [3.8, 4) is 0 Å². The summed E-state index contributed by atoms with van der Waals surface area (Å²) in [5.74, 6) is -1.08. The molecule has 3 N–H and O–H groups in total. The normalized spacial score (nSPS) is 13.1. The van der Waals surface area contributed by atoms with Gasteiger partial charge in [0, 0.05) is 29.9 Å². The average Bonchev–Trinajstić information content (AvgIpc) is 3.20. The van der Waals surface area contributed by atoms with Crippen LogP contribution in [0, 0.1) is 0 Å². The Morgan fingerprint density at radius 1 is 0.912 bits per heavy atom. The number of nitrogens with one attached hydrogen (secondary N) is 3. The van der Waals surface area contributed by atoms with E-state index in [9.17, 15) is 14.4 Å². The number of carbonyl (C=O) groups excluding carboxylic acids is 3. The summed E-state index contributed by atoms with van der Waals surface area (Å²) in [5, 5.41) is 6.36. The van der Waals surface area contributed by atoms with Gasteiger partial charge in [-0.3, -0.25) is 4.79 Å². The predicted octanol–water partition coefficient (Wildman–Crippen LogP) is 3.50. The van der Waals surface area contributed by atoms with Gasteiger partial charge in [-0.15, -0.1) is 0 Å². The van der Waals surface area contributed by atoms with Crippen LogP contribution in [0.4, 0.5) is 4.79 Å². The van der Waals surface area contributed by atoms with E-state index in [2.05, 4.69) is 15.6 Å². The van der Waals surface area contributed by atoms with Crippen LogP contribution in [0.2, 0.25) is 0 Å². The van der Waals surface area contributed by atoms with E-state index in [0.29, 0.717) is 0 Å². The number of methoxy groups -OCH3 is 1. The first-order valence-electron chi connectivity index (χ1n) is 11.1. The number of hydrogen-bond acceptors (Lipinski definition) is 5. The van der Waals surface area contributed by atoms with Gasteiger partial charge in [-0.25, -0.2) is 9.59 Å². The molecule has 2 atom stereocenters. The van der Waals surface area contributed by atoms with Crippen molar-refractivity contribution in [1.29, 1.82) is 0 Å². The number of aromatic amines is 1. The van der Waals surface area contributed by atoms with Gasteiger partial charge in [-0.05, 0) is 38.0 Å². The third kappa shape index (κ3) is 6.84. The van der Waals surface area contributed by atoms with E-state index in [1.807, 2.05) is 60.8 Å². The molecule has 0 bridgehead atoms. The number of aromatic nitrogens is 1. The maximum atomic E-state index is 13.3. The summed E-state index contributed by atoms with van der Waals surface area (Å²) < 4.78 is 10.3. The second-order valence-corrected chi connectivity index (χ2v) is 9.04. The number of alkyl carbamates (subject to hydrolysis) is 1. The molecule has 0 aliphatic rings. The van der Waals surface area contributed by atoms with Crippen LogP contribution >= 0.6 is 0 Å². The van der Waals surface area contributed by atoms with Crippen molar-refractivity contribution < 1.29 is 23.9 Å². The molecule has 34 heavy (non-hydrogen) atoms. The smallest absolute Gasteiger partial charge is 0.408 e. The van der Waals surface area contributed by atoms with Crippen LogP contribution in [-0.4, -0.2) is 47.7 Å². The van der Waals surface area contributed by atoms with E-state index in [0.717, 1.165) is 22.0 Å². The van der Waals surface area contributed by atoms with E-state index < -0.39 is 35.7 Å². The Morgan fingerprint density at radius 3 is 2.26 bits per heavy atom. The van der Waals surface area contributed by atoms with Crippen LogP contribution in [-0.2, 0) is 31.9 Å². The first kappa shape index (κ1) is 24.8. The molecular weight excluding hydrogens is 434 g/mol. The van der Waals surface area contributed by atoms with Crippen molar-refractivity contribution in [2.24, 2.45) is 0 Å². The average molecular weight is 466 g/mol. The standard InChI is InChI=1S/C26H31N3O5/c1-26(2,3)34-25(32)29-21(15-18-16-27-20-13-9-8-12-19(18)20)23(30)28-22(24(31)33-4)14-17-10-6-5-7-11-17/h5-13,16,21-22,27H,14-15H2,1-4H3,(H,28,30)(H,29,32)/t21-,22-/m1/s1. The van der Waals surface area contributed by atoms with Crippen molar-refractivity contribution in [2.45, 2.75) is 51.3 Å². The quantitative estimate of drug-likeness (QED) is 0.441. The third-order valence-electron chi connectivity index (χ3n) is 5.19. The van der Waals surface area contributed by atoms with Gasteiger partial charge in [-0.1, -0.05) is 48.5 Å². The maximum absolute atomic E-state index is 13.3. The first-order chi connectivity index (χ1) is 16.2. The molecular formula is C26H31N3O5. The fourth-order valence-electron chi connectivity index (χ4n) is 3.64. The van der Waals surface area contributed by atoms with Gasteiger partial charge < -0.3 is 25.1 Å². The summed E-state index contributed by atoms with van der Waals surface area (Å²) in [6.07, 6.45) is 1.55. The highest BCUT2D eigenvalue weighted by Gasteiger charge is 2.29. The van der Waals surface area contributed by atoms with Crippen molar-refractivity contribution in [3.05, 3.63) is 71.9 Å². The van der Waals surface area contributed by atoms with Gasteiger partial charge in [0.25, 0.3) is 0 Å². The molecule has 0 saturated heterocycles. The first-order valence-corrected chi connectivity index (χ1v) is 11.1. The SMILES string of the molecule is COC(=O)[C@@H](Cc1ccccc1)NC(=O)[C@@H](Cc1c[nH]c2ccccc12)NC(=O)OC(C)(C)C. The molecule has 1 heterocycles. The molecule has 0 fully saturated rings. The van der Waals surface area contributed by atoms with Gasteiger partial charge in [0.15, 0.2) is 0 Å². The van der Waals surface area contributed by atoms with Crippen LogP contribution in [0.15, 0.2) is 60.8 Å². The number of benzene rings is 2. The Balaban J connectivity index is 1.83. The van der Waals surface area contributed by atoms with Crippen LogP contribution in [0.1, 0.15) is 31.9 Å². The Labute approximate surface area is 199 Å². The van der Waals surface area contributed by atoms with E-state index >= 15 is 0 Å². The van der Waals surface area contributed by atoms with Crippen LogP contribution < -0.4 is 10.6 Å². The lowest BCUT2D eigenvalue weighted by molar-refractivity contribution is -0.145. The summed E-state index contributed by atoms with van der Waals surface area (Å²) in [5.41, 5.74) is 1.91. The monoisotopic (exact) mass is 465 g/mol. The number of amides is 2. The Kier molecular flexibility index (Phi) is 7.94. The summed E-state index contributed by atoms with van der Waals surface area (Å²) in [6.45, 7) is 5.23. The minimum atomic E-state index is -0.975. The van der Waals surface area contributed by atoms with Crippen molar-refractivity contribution in [3.63, 3.8) is 0 Å². The van der Waals surface area contributed by atoms with Crippen LogP contribution in [0.3, 0.4) is 0 Å². The molecule has 2 aromatic carbocycles. The number of rotatable bonds is 8. The number of carbonyl (C=O) groups is 3. The molecule has 8 nitrogen and oxygen atoms in total. The number of esters is 1. The van der Waals surface area contributed by atoms with E-state index in [1.165, 1.54) is 7.11 Å². The highest BCUT2D eigenvalue weighted by atomic mass is 16.6. The van der Waals surface area contributed by atoms with Crippen LogP contribution in [0.25, 0.3) is 10.9 Å². The minimum absolute atomic E-state index is 0.203. The lowest BCUT2D eigenvalue weighted by Gasteiger charge is -2.25. The molecule has 2 amide bonds. The van der Waals surface area contributed by atoms with E-state index in [4.69, 9.17) is 9.47 Å². The minimum Gasteiger partial charge on any atom is -0.467 e. The summed E-state index contributed by atoms with van der Waals surface area (Å²) in [6, 6.07) is 15.1. The zero-order chi connectivity index (χ0) is 24.7. The molecule has 0 saturated carbocycles. The van der Waals surface area contributed by atoms with E-state index in [1.54, 1.807) is 20.8 Å². The molecule has 0 radical (unpaired) electrons. The molecule has 3 aromatic rings. The molecule has 0 spiro atoms. The fourth-order valence-corrected chi connectivity index (χ4v) is 3.64. The van der Waals surface area contributed by atoms with Crippen molar-refractivity contribution >= 4 is 28.9 Å². The highest BCUT2D eigenvalue weighted by Crippen LogP contribution is 2.19. The number of para-hydroxylation sites is 1. The van der Waals surface area contributed by atoms with Crippen LogP contribution in [0.5, 0.6) is 0 Å². The molecule has 0 unspecified atom stereocenters. The second-order valence-electron chi connectivity index (χ2n) is 9.04. The number of fused-ring (bicyclic) bond motifs is 1. The largest absolute Gasteiger partial charge is 0.467 e.